The van der Waals surface area contributed by atoms with Crippen molar-refractivity contribution in [3.63, 3.8) is 0 Å². The molecule has 148 valence electrons. The number of benzene rings is 1. The molecule has 5 nitrogen and oxygen atoms in total. The van der Waals surface area contributed by atoms with Crippen LogP contribution in [-0.4, -0.2) is 16.1 Å². The number of anilines is 1. The first-order valence-electron chi connectivity index (χ1n) is 8.98. The van der Waals surface area contributed by atoms with Gasteiger partial charge in [0.25, 0.3) is 5.56 Å². The fraction of sp³-hybridized carbons (Fsp3) is 0.400. The summed E-state index contributed by atoms with van der Waals surface area (Å²) in [5, 5.41) is 6.33. The van der Waals surface area contributed by atoms with Crippen LogP contribution in [0.1, 0.15) is 42.3 Å². The van der Waals surface area contributed by atoms with E-state index in [0.717, 1.165) is 24.4 Å². The highest BCUT2D eigenvalue weighted by atomic mass is 19.4. The molecule has 0 aliphatic carbocycles. The minimum atomic E-state index is -4.37. The molecule has 2 heterocycles. The SMILES string of the molecule is CC#CCn1c(NC(C)c2ccc(C(F)(F)F)cc2)nc2c(c1=O)CNCC2. The first-order chi connectivity index (χ1) is 13.3. The number of aromatic nitrogens is 2. The number of hydrogen-bond donors (Lipinski definition) is 2. The fourth-order valence-corrected chi connectivity index (χ4v) is 3.10. The molecule has 0 spiro atoms. The fourth-order valence-electron chi connectivity index (χ4n) is 3.10. The van der Waals surface area contributed by atoms with Crippen LogP contribution in [0.2, 0.25) is 0 Å². The van der Waals surface area contributed by atoms with Crippen LogP contribution in [0, 0.1) is 11.8 Å². The normalized spacial score (nSPS) is 14.6. The van der Waals surface area contributed by atoms with Gasteiger partial charge in [0.05, 0.1) is 29.4 Å². The maximum absolute atomic E-state index is 12.9. The van der Waals surface area contributed by atoms with Gasteiger partial charge in [0.2, 0.25) is 5.95 Å². The van der Waals surface area contributed by atoms with Gasteiger partial charge in [-0.25, -0.2) is 4.98 Å². The highest BCUT2D eigenvalue weighted by Crippen LogP contribution is 2.30. The van der Waals surface area contributed by atoms with Gasteiger partial charge in [-0.2, -0.15) is 13.2 Å². The number of hydrogen-bond acceptors (Lipinski definition) is 4. The summed E-state index contributed by atoms with van der Waals surface area (Å²) in [5.74, 6) is 6.02. The largest absolute Gasteiger partial charge is 0.416 e. The Labute approximate surface area is 161 Å². The van der Waals surface area contributed by atoms with E-state index in [1.807, 2.05) is 6.92 Å². The van der Waals surface area contributed by atoms with E-state index in [4.69, 9.17) is 0 Å². The maximum atomic E-state index is 12.9. The second-order valence-corrected chi connectivity index (χ2v) is 6.59. The van der Waals surface area contributed by atoms with Crippen molar-refractivity contribution >= 4 is 5.95 Å². The summed E-state index contributed by atoms with van der Waals surface area (Å²) in [6, 6.07) is 4.62. The molecule has 1 unspecified atom stereocenters. The highest BCUT2D eigenvalue weighted by Gasteiger charge is 2.30. The Morgan fingerprint density at radius 3 is 2.68 bits per heavy atom. The van der Waals surface area contributed by atoms with Crippen LogP contribution in [0.4, 0.5) is 19.1 Å². The molecule has 1 aliphatic rings. The third-order valence-electron chi connectivity index (χ3n) is 4.69. The van der Waals surface area contributed by atoms with Crippen molar-refractivity contribution in [1.29, 1.82) is 0 Å². The molecule has 0 fully saturated rings. The van der Waals surface area contributed by atoms with E-state index in [0.29, 0.717) is 30.0 Å². The number of rotatable bonds is 4. The third kappa shape index (κ3) is 4.20. The molecule has 2 N–H and O–H groups in total. The van der Waals surface area contributed by atoms with Gasteiger partial charge in [0, 0.05) is 19.5 Å². The zero-order chi connectivity index (χ0) is 20.3. The Morgan fingerprint density at radius 2 is 2.04 bits per heavy atom. The van der Waals surface area contributed by atoms with Gasteiger partial charge in [-0.05, 0) is 31.5 Å². The molecule has 1 aromatic heterocycles. The number of nitrogens with one attached hydrogen (secondary N) is 2. The van der Waals surface area contributed by atoms with E-state index in [-0.39, 0.29) is 18.1 Å². The molecule has 0 amide bonds. The van der Waals surface area contributed by atoms with Crippen molar-refractivity contribution in [1.82, 2.24) is 14.9 Å². The molecule has 1 atom stereocenters. The van der Waals surface area contributed by atoms with E-state index in [9.17, 15) is 18.0 Å². The van der Waals surface area contributed by atoms with Crippen LogP contribution < -0.4 is 16.2 Å². The van der Waals surface area contributed by atoms with Crippen molar-refractivity contribution in [2.75, 3.05) is 11.9 Å². The van der Waals surface area contributed by atoms with E-state index in [2.05, 4.69) is 27.5 Å². The minimum absolute atomic E-state index is 0.151. The standard InChI is InChI=1S/C20H21F3N4O/c1-3-4-11-27-18(28)16-12-24-10-9-17(16)26-19(27)25-13(2)14-5-7-15(8-6-14)20(21,22)23/h5-8,13,24H,9-12H2,1-2H3,(H,25,26). The minimum Gasteiger partial charge on any atom is -0.349 e. The van der Waals surface area contributed by atoms with Gasteiger partial charge in [0.1, 0.15) is 0 Å². The molecule has 0 saturated heterocycles. The van der Waals surface area contributed by atoms with E-state index >= 15 is 0 Å². The molecule has 8 heteroatoms. The average molecular weight is 390 g/mol. The molecule has 0 radical (unpaired) electrons. The maximum Gasteiger partial charge on any atom is 0.416 e. The Kier molecular flexibility index (Phi) is 5.75. The summed E-state index contributed by atoms with van der Waals surface area (Å²) in [6.07, 6.45) is -3.73. The summed E-state index contributed by atoms with van der Waals surface area (Å²) in [6.45, 7) is 4.90. The Hall–Kier alpha value is -2.79. The Morgan fingerprint density at radius 1 is 1.32 bits per heavy atom. The second kappa shape index (κ2) is 8.07. The quantitative estimate of drug-likeness (QED) is 0.788. The zero-order valence-electron chi connectivity index (χ0n) is 15.7. The van der Waals surface area contributed by atoms with Gasteiger partial charge in [-0.1, -0.05) is 18.1 Å². The summed E-state index contributed by atoms with van der Waals surface area (Å²) in [4.78, 5) is 17.5. The van der Waals surface area contributed by atoms with Crippen LogP contribution >= 0.6 is 0 Å². The smallest absolute Gasteiger partial charge is 0.349 e. The Balaban J connectivity index is 1.92. The van der Waals surface area contributed by atoms with E-state index in [1.165, 1.54) is 16.7 Å². The lowest BCUT2D eigenvalue weighted by atomic mass is 10.1. The Bertz CT molecular complexity index is 968. The van der Waals surface area contributed by atoms with Crippen LogP contribution in [-0.2, 0) is 25.7 Å². The van der Waals surface area contributed by atoms with Gasteiger partial charge < -0.3 is 10.6 Å². The number of fused-ring (bicyclic) bond motifs is 1. The number of nitrogens with zero attached hydrogens (tertiary/aromatic N) is 2. The number of alkyl halides is 3. The molecule has 1 aromatic carbocycles. The monoisotopic (exact) mass is 390 g/mol. The van der Waals surface area contributed by atoms with Gasteiger partial charge in [0.15, 0.2) is 0 Å². The van der Waals surface area contributed by atoms with Crippen molar-refractivity contribution < 1.29 is 13.2 Å². The lowest BCUT2D eigenvalue weighted by Gasteiger charge is -2.22. The van der Waals surface area contributed by atoms with Crippen LogP contribution in [0.25, 0.3) is 0 Å². The van der Waals surface area contributed by atoms with E-state index in [1.54, 1.807) is 6.92 Å². The predicted octanol–water partition coefficient (Wildman–Crippen LogP) is 3.10. The van der Waals surface area contributed by atoms with Crippen LogP contribution in [0.3, 0.4) is 0 Å². The zero-order valence-corrected chi connectivity index (χ0v) is 15.7. The van der Waals surface area contributed by atoms with Gasteiger partial charge in [-0.3, -0.25) is 9.36 Å². The average Bonchev–Trinajstić information content (AvgIpc) is 2.67. The highest BCUT2D eigenvalue weighted by molar-refractivity contribution is 5.38. The number of halogens is 3. The van der Waals surface area contributed by atoms with Crippen LogP contribution in [0.15, 0.2) is 29.1 Å². The lowest BCUT2D eigenvalue weighted by Crippen LogP contribution is -2.36. The van der Waals surface area contributed by atoms with Crippen molar-refractivity contribution in [2.45, 2.75) is 45.6 Å². The summed E-state index contributed by atoms with van der Waals surface area (Å²) < 4.78 is 39.8. The van der Waals surface area contributed by atoms with Crippen molar-refractivity contribution in [3.8, 4) is 11.8 Å². The van der Waals surface area contributed by atoms with Gasteiger partial charge >= 0.3 is 6.18 Å². The topological polar surface area (TPSA) is 59.0 Å². The molecule has 0 saturated carbocycles. The molecule has 0 bridgehead atoms. The second-order valence-electron chi connectivity index (χ2n) is 6.59. The summed E-state index contributed by atoms with van der Waals surface area (Å²) in [7, 11) is 0. The lowest BCUT2D eigenvalue weighted by molar-refractivity contribution is -0.137. The predicted molar refractivity (Wildman–Crippen MR) is 101 cm³/mol. The first kappa shape index (κ1) is 20.0. The third-order valence-corrected chi connectivity index (χ3v) is 4.69. The van der Waals surface area contributed by atoms with Gasteiger partial charge in [-0.15, -0.1) is 5.92 Å². The summed E-state index contributed by atoms with van der Waals surface area (Å²) >= 11 is 0. The molecule has 28 heavy (non-hydrogen) atoms. The summed E-state index contributed by atoms with van der Waals surface area (Å²) in [5.41, 5.74) is 1.19. The first-order valence-corrected chi connectivity index (χ1v) is 8.98. The molecule has 3 rings (SSSR count). The van der Waals surface area contributed by atoms with Crippen LogP contribution in [0.5, 0.6) is 0 Å². The van der Waals surface area contributed by atoms with Crippen molar-refractivity contribution in [3.05, 3.63) is 57.0 Å². The van der Waals surface area contributed by atoms with E-state index < -0.39 is 11.7 Å². The van der Waals surface area contributed by atoms with Crippen molar-refractivity contribution in [2.24, 2.45) is 0 Å². The molecular formula is C20H21F3N4O. The molecule has 2 aromatic rings. The molecular weight excluding hydrogens is 369 g/mol. The molecule has 1 aliphatic heterocycles.